The number of Topliss-reactive ketones (excluding diaryl/α,β-unsaturated/α-hetero) is 1. The summed E-state index contributed by atoms with van der Waals surface area (Å²) in [4.78, 5) is 22.3. The van der Waals surface area contributed by atoms with Gasteiger partial charge in [0.05, 0.1) is 7.11 Å². The number of carboxylic acids is 1. The van der Waals surface area contributed by atoms with Gasteiger partial charge in [0.15, 0.2) is 11.9 Å². The largest absolute Gasteiger partial charge is 0.496 e. The molecule has 0 radical (unpaired) electrons. The zero-order valence-corrected chi connectivity index (χ0v) is 10.5. The van der Waals surface area contributed by atoms with Crippen LogP contribution in [-0.2, 0) is 4.79 Å². The molecule has 0 saturated carbocycles. The highest BCUT2D eigenvalue weighted by molar-refractivity contribution is 6.19. The van der Waals surface area contributed by atoms with Crippen LogP contribution in [0, 0.1) is 0 Å². The number of methoxy groups -OCH3 is 1. The van der Waals surface area contributed by atoms with Crippen molar-refractivity contribution < 1.29 is 24.5 Å². The van der Waals surface area contributed by atoms with Crippen molar-refractivity contribution in [3.8, 4) is 5.75 Å². The van der Waals surface area contributed by atoms with Crippen molar-refractivity contribution in [2.75, 3.05) is 13.0 Å². The summed E-state index contributed by atoms with van der Waals surface area (Å²) in [5, 5.41) is 18.2. The van der Waals surface area contributed by atoms with E-state index < -0.39 is 12.1 Å². The summed E-state index contributed by atoms with van der Waals surface area (Å²) in [5.74, 6) is -1.18. The fraction of sp³-hybridized carbons (Fsp3) is 0.333. The van der Waals surface area contributed by atoms with Crippen molar-refractivity contribution in [2.24, 2.45) is 0 Å². The summed E-state index contributed by atoms with van der Waals surface area (Å²) in [7, 11) is 1.34. The topological polar surface area (TPSA) is 83.8 Å². The Bertz CT molecular complexity index is 458. The molecule has 0 amide bonds. The van der Waals surface area contributed by atoms with Gasteiger partial charge in [-0.05, 0) is 6.07 Å². The van der Waals surface area contributed by atoms with Crippen molar-refractivity contribution in [3.63, 3.8) is 0 Å². The number of aliphatic hydroxyl groups is 1. The number of aliphatic hydroxyl groups excluding tert-OH is 1. The Morgan fingerprint density at radius 1 is 1.44 bits per heavy atom. The summed E-state index contributed by atoms with van der Waals surface area (Å²) in [6.45, 7) is 0. The van der Waals surface area contributed by atoms with E-state index in [9.17, 15) is 14.7 Å². The van der Waals surface area contributed by atoms with Crippen LogP contribution in [0.25, 0.3) is 0 Å². The summed E-state index contributed by atoms with van der Waals surface area (Å²) < 4.78 is 4.98. The van der Waals surface area contributed by atoms with E-state index in [0.29, 0.717) is 5.56 Å². The Morgan fingerprint density at radius 2 is 2.11 bits per heavy atom. The van der Waals surface area contributed by atoms with Crippen LogP contribution >= 0.6 is 11.6 Å². The molecule has 1 aromatic rings. The molecule has 0 aromatic heterocycles. The Kier molecular flexibility index (Phi) is 5.12. The molecule has 0 aliphatic rings. The molecule has 1 aromatic carbocycles. The lowest BCUT2D eigenvalue weighted by atomic mass is 10.0. The number of ether oxygens (including phenoxy) is 1. The maximum absolute atomic E-state index is 11.6. The molecule has 0 aliphatic heterocycles. The van der Waals surface area contributed by atoms with Gasteiger partial charge in [-0.3, -0.25) is 4.79 Å². The fourth-order valence-corrected chi connectivity index (χ4v) is 1.65. The molecule has 0 spiro atoms. The predicted molar refractivity (Wildman–Crippen MR) is 65.3 cm³/mol. The zero-order chi connectivity index (χ0) is 13.7. The number of rotatable bonds is 6. The lowest BCUT2D eigenvalue weighted by Gasteiger charge is -2.12. The van der Waals surface area contributed by atoms with Crippen LogP contribution in [0.3, 0.4) is 0 Å². The first-order chi connectivity index (χ1) is 8.51. The molecule has 5 nitrogen and oxygen atoms in total. The van der Waals surface area contributed by atoms with E-state index in [2.05, 4.69) is 0 Å². The maximum atomic E-state index is 11.6. The first kappa shape index (κ1) is 14.5. The SMILES string of the molecule is COc1cc(C(=O)CCCl)ccc1C(O)C(=O)O. The highest BCUT2D eigenvalue weighted by Gasteiger charge is 2.21. The molecule has 0 aliphatic carbocycles. The smallest absolute Gasteiger partial charge is 0.337 e. The molecule has 1 unspecified atom stereocenters. The molecule has 1 atom stereocenters. The first-order valence-electron chi connectivity index (χ1n) is 5.19. The van der Waals surface area contributed by atoms with Gasteiger partial charge in [0, 0.05) is 23.4 Å². The minimum absolute atomic E-state index is 0.104. The Labute approximate surface area is 109 Å². The van der Waals surface area contributed by atoms with E-state index in [-0.39, 0.29) is 29.4 Å². The normalized spacial score (nSPS) is 11.9. The highest BCUT2D eigenvalue weighted by Crippen LogP contribution is 2.27. The number of carbonyl (C=O) groups excluding carboxylic acids is 1. The third-order valence-electron chi connectivity index (χ3n) is 2.41. The second-order valence-corrected chi connectivity index (χ2v) is 3.94. The molecule has 1 rings (SSSR count). The Hall–Kier alpha value is -1.59. The summed E-state index contributed by atoms with van der Waals surface area (Å²) in [6.07, 6.45) is -1.50. The molecular weight excluding hydrogens is 260 g/mol. The number of carbonyl (C=O) groups is 2. The fourth-order valence-electron chi connectivity index (χ4n) is 1.47. The average Bonchev–Trinajstić information content (AvgIpc) is 2.37. The molecule has 0 saturated heterocycles. The zero-order valence-electron chi connectivity index (χ0n) is 9.72. The van der Waals surface area contributed by atoms with Crippen LogP contribution in [0.5, 0.6) is 5.75 Å². The second-order valence-electron chi connectivity index (χ2n) is 3.56. The highest BCUT2D eigenvalue weighted by atomic mass is 35.5. The van der Waals surface area contributed by atoms with Gasteiger partial charge in [-0.1, -0.05) is 12.1 Å². The van der Waals surface area contributed by atoms with E-state index in [1.807, 2.05) is 0 Å². The molecule has 0 heterocycles. The molecule has 98 valence electrons. The van der Waals surface area contributed by atoms with E-state index >= 15 is 0 Å². The van der Waals surface area contributed by atoms with E-state index in [4.69, 9.17) is 21.4 Å². The third kappa shape index (κ3) is 3.21. The monoisotopic (exact) mass is 272 g/mol. The number of carboxylic acid groups (broad SMARTS) is 1. The number of ketones is 1. The van der Waals surface area contributed by atoms with Crippen LogP contribution in [0.2, 0.25) is 0 Å². The lowest BCUT2D eigenvalue weighted by molar-refractivity contribution is -0.147. The van der Waals surface area contributed by atoms with Crippen molar-refractivity contribution in [1.82, 2.24) is 0 Å². The standard InChI is InChI=1S/C12H13ClO5/c1-18-10-6-7(9(14)4-5-13)2-3-8(10)11(15)12(16)17/h2-3,6,11,15H,4-5H2,1H3,(H,16,17). The van der Waals surface area contributed by atoms with Crippen LogP contribution in [0.1, 0.15) is 28.4 Å². The summed E-state index contributed by atoms with van der Waals surface area (Å²) >= 11 is 5.47. The number of halogens is 1. The summed E-state index contributed by atoms with van der Waals surface area (Å²) in [6, 6.07) is 4.20. The van der Waals surface area contributed by atoms with E-state index in [1.54, 1.807) is 0 Å². The molecule has 0 fully saturated rings. The van der Waals surface area contributed by atoms with Crippen molar-refractivity contribution in [1.29, 1.82) is 0 Å². The lowest BCUT2D eigenvalue weighted by Crippen LogP contribution is -2.12. The molecule has 2 N–H and O–H groups in total. The van der Waals surface area contributed by atoms with E-state index in [1.165, 1.54) is 25.3 Å². The number of benzene rings is 1. The third-order valence-corrected chi connectivity index (χ3v) is 2.59. The van der Waals surface area contributed by atoms with Gasteiger partial charge in [-0.25, -0.2) is 4.79 Å². The van der Waals surface area contributed by atoms with Gasteiger partial charge in [0.2, 0.25) is 0 Å². The quantitative estimate of drug-likeness (QED) is 0.607. The Morgan fingerprint density at radius 3 is 2.61 bits per heavy atom. The van der Waals surface area contributed by atoms with Gasteiger partial charge in [-0.15, -0.1) is 11.6 Å². The second kappa shape index (κ2) is 6.37. The van der Waals surface area contributed by atoms with Crippen LogP contribution < -0.4 is 4.74 Å². The van der Waals surface area contributed by atoms with Crippen LogP contribution in [-0.4, -0.2) is 35.0 Å². The average molecular weight is 273 g/mol. The molecule has 6 heteroatoms. The van der Waals surface area contributed by atoms with Gasteiger partial charge >= 0.3 is 5.97 Å². The van der Waals surface area contributed by atoms with Gasteiger partial charge in [0.25, 0.3) is 0 Å². The van der Waals surface area contributed by atoms with E-state index in [0.717, 1.165) is 0 Å². The maximum Gasteiger partial charge on any atom is 0.337 e. The van der Waals surface area contributed by atoms with Crippen molar-refractivity contribution in [3.05, 3.63) is 29.3 Å². The van der Waals surface area contributed by atoms with Gasteiger partial charge in [0.1, 0.15) is 5.75 Å². The number of alkyl halides is 1. The predicted octanol–water partition coefficient (Wildman–Crippen LogP) is 1.62. The molecule has 18 heavy (non-hydrogen) atoms. The number of aliphatic carboxylic acids is 1. The minimum atomic E-state index is -1.68. The number of hydrogen-bond acceptors (Lipinski definition) is 4. The first-order valence-corrected chi connectivity index (χ1v) is 5.72. The van der Waals surface area contributed by atoms with Crippen molar-refractivity contribution in [2.45, 2.75) is 12.5 Å². The number of hydrogen-bond donors (Lipinski definition) is 2. The summed E-state index contributed by atoms with van der Waals surface area (Å²) in [5.41, 5.74) is 0.473. The van der Waals surface area contributed by atoms with Gasteiger partial charge < -0.3 is 14.9 Å². The van der Waals surface area contributed by atoms with Gasteiger partial charge in [-0.2, -0.15) is 0 Å². The van der Waals surface area contributed by atoms with Crippen molar-refractivity contribution >= 4 is 23.4 Å². The Balaban J connectivity index is 3.11. The minimum Gasteiger partial charge on any atom is -0.496 e. The van der Waals surface area contributed by atoms with Crippen LogP contribution in [0.4, 0.5) is 0 Å². The van der Waals surface area contributed by atoms with Crippen LogP contribution in [0.15, 0.2) is 18.2 Å². The molecule has 0 bridgehead atoms. The molecular formula is C12H13ClO5.